The third-order valence-electron chi connectivity index (χ3n) is 1.54. The van der Waals surface area contributed by atoms with Gasteiger partial charge in [0.15, 0.2) is 0 Å². The van der Waals surface area contributed by atoms with Gasteiger partial charge in [-0.25, -0.2) is 0 Å². The van der Waals surface area contributed by atoms with Crippen LogP contribution in [-0.4, -0.2) is 41.0 Å². The quantitative estimate of drug-likeness (QED) is 0.420. The number of nitrogens with two attached hydrogens (primary N) is 1. The second-order valence-electron chi connectivity index (χ2n) is 2.60. The molecule has 5 nitrogen and oxygen atoms in total. The molecule has 12 heavy (non-hydrogen) atoms. The van der Waals surface area contributed by atoms with Crippen LogP contribution in [0, 0.1) is 0 Å². The number of aliphatic hydroxyl groups excluding tert-OH is 1. The first-order valence-corrected chi connectivity index (χ1v) is 3.33. The van der Waals surface area contributed by atoms with Gasteiger partial charge in [0.1, 0.15) is 0 Å². The minimum atomic E-state index is -0.637. The number of likely N-dealkylation sites (tertiary alicyclic amines) is 1. The standard InChI is InChI=1S/C6H10N2O3.Na.H/c7-5(10)3-8-2-4(9)1-6(8)11;;/h4,9H,1-3H2,(H2,7,10);;/q;+1;-1. The van der Waals surface area contributed by atoms with E-state index in [9.17, 15) is 9.59 Å². The zero-order valence-corrected chi connectivity index (χ0v) is 8.99. The molecule has 0 radical (unpaired) electrons. The molecule has 1 atom stereocenters. The van der Waals surface area contributed by atoms with Crippen molar-refractivity contribution < 1.29 is 45.7 Å². The summed E-state index contributed by atoms with van der Waals surface area (Å²) >= 11 is 0. The molecule has 6 heteroatoms. The van der Waals surface area contributed by atoms with E-state index in [0.29, 0.717) is 0 Å². The molecule has 0 aromatic rings. The number of nitrogens with zero attached hydrogens (tertiary/aromatic N) is 1. The molecular weight excluding hydrogens is 171 g/mol. The average molecular weight is 182 g/mol. The monoisotopic (exact) mass is 182 g/mol. The third kappa shape index (κ3) is 3.10. The molecule has 0 spiro atoms. The van der Waals surface area contributed by atoms with E-state index in [2.05, 4.69) is 0 Å². The molecule has 0 aromatic heterocycles. The molecule has 0 saturated carbocycles. The average Bonchev–Trinajstić information content (AvgIpc) is 2.09. The fraction of sp³-hybridized carbons (Fsp3) is 0.667. The van der Waals surface area contributed by atoms with Crippen molar-refractivity contribution in [2.24, 2.45) is 5.73 Å². The zero-order chi connectivity index (χ0) is 8.43. The summed E-state index contributed by atoms with van der Waals surface area (Å²) in [4.78, 5) is 22.5. The second-order valence-corrected chi connectivity index (χ2v) is 2.60. The molecule has 64 valence electrons. The van der Waals surface area contributed by atoms with Gasteiger partial charge >= 0.3 is 29.6 Å². The van der Waals surface area contributed by atoms with E-state index < -0.39 is 12.0 Å². The summed E-state index contributed by atoms with van der Waals surface area (Å²) in [6.45, 7) is 0.137. The van der Waals surface area contributed by atoms with Crippen LogP contribution in [0.2, 0.25) is 0 Å². The summed E-state index contributed by atoms with van der Waals surface area (Å²) in [6, 6.07) is 0. The van der Waals surface area contributed by atoms with Gasteiger partial charge in [0.2, 0.25) is 11.8 Å². The Labute approximate surface area is 93.7 Å². The number of aliphatic hydroxyl groups is 1. The molecule has 2 amide bonds. The molecule has 1 unspecified atom stereocenters. The van der Waals surface area contributed by atoms with Gasteiger partial charge in [-0.2, -0.15) is 0 Å². The van der Waals surface area contributed by atoms with Gasteiger partial charge in [-0.1, -0.05) is 0 Å². The Hall–Kier alpha value is -0.100. The summed E-state index contributed by atoms with van der Waals surface area (Å²) in [5.74, 6) is -0.760. The number of carbonyl (C=O) groups is 2. The Balaban J connectivity index is 0. The van der Waals surface area contributed by atoms with E-state index in [-0.39, 0.29) is 56.4 Å². The minimum absolute atomic E-state index is 0. The van der Waals surface area contributed by atoms with Crippen LogP contribution < -0.4 is 35.3 Å². The number of rotatable bonds is 2. The van der Waals surface area contributed by atoms with Crippen molar-refractivity contribution in [3.63, 3.8) is 0 Å². The summed E-state index contributed by atoms with van der Waals surface area (Å²) in [7, 11) is 0. The van der Waals surface area contributed by atoms with Crippen LogP contribution in [0.1, 0.15) is 7.85 Å². The molecule has 0 aromatic carbocycles. The Bertz CT molecular complexity index is 202. The minimum Gasteiger partial charge on any atom is -1.00 e. The molecule has 1 aliphatic rings. The number of primary amides is 1. The van der Waals surface area contributed by atoms with Crippen molar-refractivity contribution in [3.05, 3.63) is 0 Å². The maximum Gasteiger partial charge on any atom is 1.00 e. The van der Waals surface area contributed by atoms with Crippen molar-refractivity contribution in [3.8, 4) is 0 Å². The van der Waals surface area contributed by atoms with Crippen LogP contribution in [0.15, 0.2) is 0 Å². The van der Waals surface area contributed by atoms with E-state index >= 15 is 0 Å². The van der Waals surface area contributed by atoms with E-state index in [0.717, 1.165) is 0 Å². The van der Waals surface area contributed by atoms with E-state index in [1.165, 1.54) is 4.90 Å². The topological polar surface area (TPSA) is 83.6 Å². The normalized spacial score (nSPS) is 22.2. The Morgan fingerprint density at radius 2 is 2.42 bits per heavy atom. The zero-order valence-electron chi connectivity index (χ0n) is 7.99. The number of hydrogen-bond acceptors (Lipinski definition) is 3. The number of hydrogen-bond donors (Lipinski definition) is 2. The predicted molar refractivity (Wildman–Crippen MR) is 37.5 cm³/mol. The summed E-state index contributed by atoms with van der Waals surface area (Å²) in [6.07, 6.45) is -0.533. The summed E-state index contributed by atoms with van der Waals surface area (Å²) in [5, 5.41) is 8.97. The van der Waals surface area contributed by atoms with Gasteiger partial charge in [-0.15, -0.1) is 0 Å². The number of β-amino-alcohol motifs (C(OH)–C–C–N with tert-alkyl or cyclic N) is 1. The Kier molecular flexibility index (Phi) is 4.77. The smallest absolute Gasteiger partial charge is 1.00 e. The molecule has 1 rings (SSSR count). The van der Waals surface area contributed by atoms with Gasteiger partial charge in [-0.3, -0.25) is 9.59 Å². The first-order chi connectivity index (χ1) is 5.09. The van der Waals surface area contributed by atoms with Gasteiger partial charge in [0.05, 0.1) is 19.1 Å². The van der Waals surface area contributed by atoms with Crippen LogP contribution >= 0.6 is 0 Å². The van der Waals surface area contributed by atoms with Gasteiger partial charge in [0, 0.05) is 6.54 Å². The SMILES string of the molecule is NC(=O)CN1CC(O)CC1=O.[H-].[Na+]. The first-order valence-electron chi connectivity index (χ1n) is 3.33. The maximum absolute atomic E-state index is 10.9. The fourth-order valence-electron chi connectivity index (χ4n) is 1.09. The summed E-state index contributed by atoms with van der Waals surface area (Å²) in [5.41, 5.74) is 4.87. The van der Waals surface area contributed by atoms with Crippen molar-refractivity contribution in [2.75, 3.05) is 13.1 Å². The van der Waals surface area contributed by atoms with Crippen LogP contribution in [0.5, 0.6) is 0 Å². The molecule has 0 bridgehead atoms. The van der Waals surface area contributed by atoms with Gasteiger partial charge in [0.25, 0.3) is 0 Å². The van der Waals surface area contributed by atoms with E-state index in [1.54, 1.807) is 0 Å². The largest absolute Gasteiger partial charge is 1.00 e. The van der Waals surface area contributed by atoms with Crippen LogP contribution in [0.4, 0.5) is 0 Å². The number of amides is 2. The Morgan fingerprint density at radius 3 is 2.75 bits per heavy atom. The molecule has 1 fully saturated rings. The fourth-order valence-corrected chi connectivity index (χ4v) is 1.09. The second kappa shape index (κ2) is 4.81. The molecule has 3 N–H and O–H groups in total. The summed E-state index contributed by atoms with van der Waals surface area (Å²) < 4.78 is 0. The van der Waals surface area contributed by atoms with Gasteiger partial charge < -0.3 is 17.2 Å². The molecule has 1 saturated heterocycles. The molecule has 0 aliphatic carbocycles. The van der Waals surface area contributed by atoms with Gasteiger partial charge in [-0.05, 0) is 0 Å². The predicted octanol–water partition coefficient (Wildman–Crippen LogP) is -4.82. The molecular formula is C6H11N2NaO3. The van der Waals surface area contributed by atoms with Crippen molar-refractivity contribution in [2.45, 2.75) is 12.5 Å². The third-order valence-corrected chi connectivity index (χ3v) is 1.54. The Morgan fingerprint density at radius 1 is 1.83 bits per heavy atom. The van der Waals surface area contributed by atoms with Crippen molar-refractivity contribution in [1.29, 1.82) is 0 Å². The van der Waals surface area contributed by atoms with Crippen molar-refractivity contribution >= 4 is 11.8 Å². The number of carbonyl (C=O) groups excluding carboxylic acids is 2. The van der Waals surface area contributed by atoms with Crippen LogP contribution in [0.3, 0.4) is 0 Å². The van der Waals surface area contributed by atoms with E-state index in [1.807, 2.05) is 0 Å². The molecule has 1 aliphatic heterocycles. The van der Waals surface area contributed by atoms with E-state index in [4.69, 9.17) is 10.8 Å². The molecule has 1 heterocycles. The maximum atomic E-state index is 10.9. The van der Waals surface area contributed by atoms with Crippen LogP contribution in [-0.2, 0) is 9.59 Å². The van der Waals surface area contributed by atoms with Crippen LogP contribution in [0.25, 0.3) is 0 Å². The first kappa shape index (κ1) is 11.9. The van der Waals surface area contributed by atoms with Crippen molar-refractivity contribution in [1.82, 2.24) is 4.90 Å².